The highest BCUT2D eigenvalue weighted by molar-refractivity contribution is 5.31. The van der Waals surface area contributed by atoms with Crippen LogP contribution in [0.3, 0.4) is 0 Å². The fourth-order valence-corrected chi connectivity index (χ4v) is 3.59. The van der Waals surface area contributed by atoms with Gasteiger partial charge in [-0.2, -0.15) is 5.10 Å². The highest BCUT2D eigenvalue weighted by Gasteiger charge is 2.43. The van der Waals surface area contributed by atoms with Gasteiger partial charge in [-0.3, -0.25) is 4.79 Å². The van der Waals surface area contributed by atoms with E-state index < -0.39 is 5.60 Å². The van der Waals surface area contributed by atoms with Gasteiger partial charge in [0.15, 0.2) is 0 Å². The smallest absolute Gasteiger partial charge is 0.266 e. The fraction of sp³-hybridized carbons (Fsp3) is 0.556. The number of ether oxygens (including phenoxy) is 2. The molecule has 2 aliphatic heterocycles. The number of hydrogen-bond donors (Lipinski definition) is 0. The van der Waals surface area contributed by atoms with E-state index in [0.717, 1.165) is 24.9 Å². The second-order valence-corrected chi connectivity index (χ2v) is 7.04. The van der Waals surface area contributed by atoms with Gasteiger partial charge < -0.3 is 14.4 Å². The summed E-state index contributed by atoms with van der Waals surface area (Å²) in [7, 11) is 0. The highest BCUT2D eigenvalue weighted by Crippen LogP contribution is 2.34. The molecule has 2 saturated heterocycles. The van der Waals surface area contributed by atoms with Crippen molar-refractivity contribution in [1.29, 1.82) is 0 Å². The van der Waals surface area contributed by atoms with Crippen molar-refractivity contribution in [2.45, 2.75) is 38.0 Å². The molecule has 2 atom stereocenters. The summed E-state index contributed by atoms with van der Waals surface area (Å²) in [6, 6.07) is 3.16. The van der Waals surface area contributed by atoms with Crippen LogP contribution in [0.1, 0.15) is 18.4 Å². The van der Waals surface area contributed by atoms with E-state index >= 15 is 0 Å². The summed E-state index contributed by atoms with van der Waals surface area (Å²) >= 11 is 0. The Morgan fingerprint density at radius 1 is 1.35 bits per heavy atom. The van der Waals surface area contributed by atoms with E-state index in [2.05, 4.69) is 20.0 Å². The van der Waals surface area contributed by atoms with Gasteiger partial charge in [0.25, 0.3) is 5.56 Å². The van der Waals surface area contributed by atoms with E-state index in [1.54, 1.807) is 12.3 Å². The average molecular weight is 357 g/mol. The minimum Gasteiger partial charge on any atom is -0.377 e. The Bertz CT molecular complexity index is 809. The maximum atomic E-state index is 11.9. The predicted molar refractivity (Wildman–Crippen MR) is 95.1 cm³/mol. The van der Waals surface area contributed by atoms with Crippen LogP contribution in [0.5, 0.6) is 0 Å². The third kappa shape index (κ3) is 3.61. The topological polar surface area (TPSA) is 82.4 Å². The standard InChI is InChI=1S/C18H23N5O3/c1-14-9-19-17(20-10-14)22-7-8-25-13-18(12-22)5-4-15(26-18)11-23-16(24)3-2-6-21-23/h2-3,6,9-10,15H,4-5,7-8,11-13H2,1H3/t15-,18-/m1/s1. The first-order valence-corrected chi connectivity index (χ1v) is 8.95. The molecule has 0 aromatic carbocycles. The molecule has 0 unspecified atom stereocenters. The van der Waals surface area contributed by atoms with E-state index in [9.17, 15) is 4.79 Å². The number of rotatable bonds is 3. The van der Waals surface area contributed by atoms with Gasteiger partial charge in [-0.15, -0.1) is 0 Å². The molecule has 26 heavy (non-hydrogen) atoms. The molecule has 0 N–H and O–H groups in total. The molecule has 0 saturated carbocycles. The Labute approximate surface area is 151 Å². The van der Waals surface area contributed by atoms with Crippen LogP contribution >= 0.6 is 0 Å². The van der Waals surface area contributed by atoms with Crippen molar-refractivity contribution < 1.29 is 9.47 Å². The Kier molecular flexibility index (Phi) is 4.69. The first kappa shape index (κ1) is 17.1. The Hall–Kier alpha value is -2.32. The van der Waals surface area contributed by atoms with Gasteiger partial charge in [0.2, 0.25) is 5.95 Å². The van der Waals surface area contributed by atoms with Crippen molar-refractivity contribution >= 4 is 5.95 Å². The predicted octanol–water partition coefficient (Wildman–Crippen LogP) is 0.796. The molecule has 0 amide bonds. The van der Waals surface area contributed by atoms with Crippen molar-refractivity contribution in [3.63, 3.8) is 0 Å². The fourth-order valence-electron chi connectivity index (χ4n) is 3.59. The van der Waals surface area contributed by atoms with Crippen LogP contribution in [0.4, 0.5) is 5.95 Å². The lowest BCUT2D eigenvalue weighted by atomic mass is 10.0. The van der Waals surface area contributed by atoms with Gasteiger partial charge in [0.05, 0.1) is 32.4 Å². The normalized spacial score (nSPS) is 26.2. The van der Waals surface area contributed by atoms with Gasteiger partial charge >= 0.3 is 0 Å². The van der Waals surface area contributed by atoms with Gasteiger partial charge in [0.1, 0.15) is 5.60 Å². The van der Waals surface area contributed by atoms with Crippen LogP contribution in [0.2, 0.25) is 0 Å². The molecule has 0 aliphatic carbocycles. The number of aryl methyl sites for hydroxylation is 1. The molecule has 2 fully saturated rings. The van der Waals surface area contributed by atoms with Crippen molar-refractivity contribution in [2.75, 3.05) is 31.2 Å². The summed E-state index contributed by atoms with van der Waals surface area (Å²) in [4.78, 5) is 22.9. The third-order valence-electron chi connectivity index (χ3n) is 4.90. The molecule has 0 radical (unpaired) electrons. The molecular formula is C18H23N5O3. The molecule has 2 aromatic heterocycles. The maximum Gasteiger partial charge on any atom is 0.266 e. The zero-order chi connectivity index (χ0) is 18.0. The monoisotopic (exact) mass is 357 g/mol. The SMILES string of the molecule is Cc1cnc(N2CCOC[C@@]3(CC[C@H](Cn4ncccc4=O)O3)C2)nc1. The molecule has 0 bridgehead atoms. The molecule has 1 spiro atoms. The number of aromatic nitrogens is 4. The number of nitrogens with zero attached hydrogens (tertiary/aromatic N) is 5. The van der Waals surface area contributed by atoms with Gasteiger partial charge in [-0.05, 0) is 31.4 Å². The summed E-state index contributed by atoms with van der Waals surface area (Å²) in [5.41, 5.74) is 0.532. The molecule has 2 aromatic rings. The minimum absolute atomic E-state index is 0.0508. The summed E-state index contributed by atoms with van der Waals surface area (Å²) in [5, 5.41) is 4.13. The van der Waals surface area contributed by atoms with Crippen molar-refractivity contribution in [1.82, 2.24) is 19.7 Å². The summed E-state index contributed by atoms with van der Waals surface area (Å²) in [5.74, 6) is 0.702. The van der Waals surface area contributed by atoms with Crippen LogP contribution in [0.25, 0.3) is 0 Å². The molecule has 8 nitrogen and oxygen atoms in total. The lowest BCUT2D eigenvalue weighted by molar-refractivity contribution is -0.0810. The highest BCUT2D eigenvalue weighted by atomic mass is 16.6. The zero-order valence-corrected chi connectivity index (χ0v) is 14.9. The maximum absolute atomic E-state index is 11.9. The molecule has 4 heterocycles. The Balaban J connectivity index is 1.48. The van der Waals surface area contributed by atoms with Crippen molar-refractivity contribution in [2.24, 2.45) is 0 Å². The summed E-state index contributed by atoms with van der Waals surface area (Å²) in [6.07, 6.45) is 6.97. The Morgan fingerprint density at radius 3 is 3.00 bits per heavy atom. The lowest BCUT2D eigenvalue weighted by Gasteiger charge is -2.32. The third-order valence-corrected chi connectivity index (χ3v) is 4.90. The quantitative estimate of drug-likeness (QED) is 0.803. The molecule has 8 heteroatoms. The second-order valence-electron chi connectivity index (χ2n) is 7.04. The number of anilines is 1. The first-order valence-electron chi connectivity index (χ1n) is 8.95. The summed E-state index contributed by atoms with van der Waals surface area (Å²) in [6.45, 7) is 5.02. The van der Waals surface area contributed by atoms with E-state index in [4.69, 9.17) is 9.47 Å². The van der Waals surface area contributed by atoms with Crippen molar-refractivity contribution in [3.8, 4) is 0 Å². The van der Waals surface area contributed by atoms with E-state index in [0.29, 0.717) is 32.3 Å². The van der Waals surface area contributed by atoms with E-state index in [1.807, 2.05) is 19.3 Å². The number of hydrogen-bond acceptors (Lipinski definition) is 7. The first-order chi connectivity index (χ1) is 12.6. The van der Waals surface area contributed by atoms with Gasteiger partial charge in [-0.25, -0.2) is 14.6 Å². The molecule has 2 aliphatic rings. The van der Waals surface area contributed by atoms with Gasteiger partial charge in [0, 0.05) is 31.2 Å². The van der Waals surface area contributed by atoms with Crippen LogP contribution < -0.4 is 10.5 Å². The average Bonchev–Trinajstić information content (AvgIpc) is 2.90. The van der Waals surface area contributed by atoms with Crippen LogP contribution in [-0.2, 0) is 16.0 Å². The van der Waals surface area contributed by atoms with Crippen LogP contribution in [0, 0.1) is 6.92 Å². The largest absolute Gasteiger partial charge is 0.377 e. The van der Waals surface area contributed by atoms with E-state index in [-0.39, 0.29) is 11.7 Å². The minimum atomic E-state index is -0.395. The van der Waals surface area contributed by atoms with E-state index in [1.165, 1.54) is 10.7 Å². The Morgan fingerprint density at radius 2 is 2.19 bits per heavy atom. The lowest BCUT2D eigenvalue weighted by Crippen LogP contribution is -2.45. The second kappa shape index (κ2) is 7.13. The van der Waals surface area contributed by atoms with Gasteiger partial charge in [-0.1, -0.05) is 0 Å². The zero-order valence-electron chi connectivity index (χ0n) is 14.9. The molecule has 138 valence electrons. The van der Waals surface area contributed by atoms with Crippen LogP contribution in [0.15, 0.2) is 35.5 Å². The van der Waals surface area contributed by atoms with Crippen LogP contribution in [-0.4, -0.2) is 57.8 Å². The summed E-state index contributed by atoms with van der Waals surface area (Å²) < 4.78 is 13.7. The van der Waals surface area contributed by atoms with Crippen molar-refractivity contribution in [3.05, 3.63) is 46.6 Å². The molecule has 4 rings (SSSR count). The molecular weight excluding hydrogens is 334 g/mol.